The van der Waals surface area contributed by atoms with E-state index in [4.69, 9.17) is 5.73 Å². The summed E-state index contributed by atoms with van der Waals surface area (Å²) < 4.78 is 4.36. The summed E-state index contributed by atoms with van der Waals surface area (Å²) in [4.78, 5) is 0. The van der Waals surface area contributed by atoms with Gasteiger partial charge in [0.2, 0.25) is 0 Å². The Labute approximate surface area is 93.5 Å². The van der Waals surface area contributed by atoms with Crippen molar-refractivity contribution in [2.24, 2.45) is 5.73 Å². The van der Waals surface area contributed by atoms with Crippen LogP contribution in [0.1, 0.15) is 13.3 Å². The molecule has 0 radical (unpaired) electrons. The number of rotatable bonds is 4. The molecular formula is C11H15N3S. The van der Waals surface area contributed by atoms with Gasteiger partial charge in [0, 0.05) is 18.0 Å². The van der Waals surface area contributed by atoms with Gasteiger partial charge in [-0.25, -0.2) is 0 Å². The van der Waals surface area contributed by atoms with Crippen molar-refractivity contribution in [1.82, 2.24) is 4.37 Å². The number of hydrogen-bond acceptors (Lipinski definition) is 4. The van der Waals surface area contributed by atoms with Crippen molar-refractivity contribution in [3.05, 3.63) is 24.3 Å². The monoisotopic (exact) mass is 221 g/mol. The lowest BCUT2D eigenvalue weighted by Gasteiger charge is -2.09. The van der Waals surface area contributed by atoms with E-state index in [0.717, 1.165) is 23.5 Å². The normalized spacial score (nSPS) is 12.9. The van der Waals surface area contributed by atoms with Gasteiger partial charge < -0.3 is 11.1 Å². The molecule has 0 bridgehead atoms. The van der Waals surface area contributed by atoms with Crippen LogP contribution >= 0.6 is 11.5 Å². The van der Waals surface area contributed by atoms with Gasteiger partial charge in [0.05, 0.1) is 5.52 Å². The second-order valence-electron chi connectivity index (χ2n) is 3.58. The minimum atomic E-state index is 0.214. The molecule has 0 saturated carbocycles. The number of fused-ring (bicyclic) bond motifs is 1. The molecule has 1 heterocycles. The summed E-state index contributed by atoms with van der Waals surface area (Å²) in [6.45, 7) is 2.90. The topological polar surface area (TPSA) is 50.9 Å². The Balaban J connectivity index is 2.14. The zero-order valence-corrected chi connectivity index (χ0v) is 9.55. The van der Waals surface area contributed by atoms with Crippen molar-refractivity contribution in [2.45, 2.75) is 19.4 Å². The predicted octanol–water partition coefficient (Wildman–Crippen LogP) is 2.45. The van der Waals surface area contributed by atoms with Crippen LogP contribution in [0.5, 0.6) is 0 Å². The minimum absolute atomic E-state index is 0.214. The van der Waals surface area contributed by atoms with E-state index in [2.05, 4.69) is 22.7 Å². The predicted molar refractivity (Wildman–Crippen MR) is 66.4 cm³/mol. The van der Waals surface area contributed by atoms with Crippen LogP contribution in [0, 0.1) is 0 Å². The maximum absolute atomic E-state index is 5.86. The van der Waals surface area contributed by atoms with Crippen LogP contribution < -0.4 is 11.1 Å². The number of nitrogens with two attached hydrogens (primary N) is 1. The Morgan fingerprint density at radius 1 is 1.47 bits per heavy atom. The lowest BCUT2D eigenvalue weighted by Crippen LogP contribution is -2.27. The van der Waals surface area contributed by atoms with E-state index in [-0.39, 0.29) is 6.04 Å². The number of anilines is 1. The lowest BCUT2D eigenvalue weighted by molar-refractivity contribution is 0.680. The fourth-order valence-electron chi connectivity index (χ4n) is 1.38. The molecule has 0 spiro atoms. The van der Waals surface area contributed by atoms with Crippen molar-refractivity contribution >= 4 is 27.4 Å². The van der Waals surface area contributed by atoms with Gasteiger partial charge in [-0.05, 0) is 30.1 Å². The maximum Gasteiger partial charge on any atom is 0.117 e. The van der Waals surface area contributed by atoms with Crippen LogP contribution in [0.3, 0.4) is 0 Å². The third kappa shape index (κ3) is 2.27. The standard InChI is InChI=1S/C11H15N3S/c1-2-8(12)7-13-11-9-5-3-4-6-10(9)14-15-11/h3-6,8,13H,2,7,12H2,1H3. The molecular weight excluding hydrogens is 206 g/mol. The second kappa shape index (κ2) is 4.59. The lowest BCUT2D eigenvalue weighted by atomic mass is 10.2. The number of nitrogens with one attached hydrogen (secondary N) is 1. The van der Waals surface area contributed by atoms with Crippen LogP contribution in [0.15, 0.2) is 24.3 Å². The first kappa shape index (κ1) is 10.4. The van der Waals surface area contributed by atoms with Gasteiger partial charge in [-0.3, -0.25) is 0 Å². The molecule has 2 rings (SSSR count). The molecule has 1 unspecified atom stereocenters. The Kier molecular flexibility index (Phi) is 3.18. The molecule has 1 atom stereocenters. The van der Waals surface area contributed by atoms with E-state index in [1.807, 2.05) is 18.2 Å². The molecule has 0 amide bonds. The average Bonchev–Trinajstić information content (AvgIpc) is 2.69. The summed E-state index contributed by atoms with van der Waals surface area (Å²) in [5.41, 5.74) is 6.91. The van der Waals surface area contributed by atoms with Crippen LogP contribution in [0.25, 0.3) is 10.9 Å². The molecule has 4 heteroatoms. The summed E-state index contributed by atoms with van der Waals surface area (Å²) in [6.07, 6.45) is 0.990. The van der Waals surface area contributed by atoms with Crippen LogP contribution in [0.2, 0.25) is 0 Å². The van der Waals surface area contributed by atoms with Crippen LogP contribution in [0.4, 0.5) is 5.00 Å². The number of benzene rings is 1. The molecule has 0 aliphatic carbocycles. The summed E-state index contributed by atoms with van der Waals surface area (Å²) in [5, 5.41) is 5.66. The highest BCUT2D eigenvalue weighted by Gasteiger charge is 2.05. The molecule has 0 saturated heterocycles. The average molecular weight is 221 g/mol. The molecule has 2 aromatic rings. The molecule has 1 aromatic carbocycles. The van der Waals surface area contributed by atoms with Gasteiger partial charge in [0.15, 0.2) is 0 Å². The molecule has 1 aromatic heterocycles. The Bertz CT molecular complexity index is 438. The molecule has 0 aliphatic rings. The largest absolute Gasteiger partial charge is 0.374 e. The highest BCUT2D eigenvalue weighted by Crippen LogP contribution is 2.26. The van der Waals surface area contributed by atoms with E-state index in [1.165, 1.54) is 16.9 Å². The molecule has 3 nitrogen and oxygen atoms in total. The third-order valence-electron chi connectivity index (χ3n) is 2.43. The van der Waals surface area contributed by atoms with Gasteiger partial charge in [-0.1, -0.05) is 19.1 Å². The molecule has 0 fully saturated rings. The van der Waals surface area contributed by atoms with Crippen molar-refractivity contribution in [2.75, 3.05) is 11.9 Å². The third-order valence-corrected chi connectivity index (χ3v) is 3.27. The summed E-state index contributed by atoms with van der Waals surface area (Å²) in [5.74, 6) is 0. The van der Waals surface area contributed by atoms with E-state index in [0.29, 0.717) is 0 Å². The summed E-state index contributed by atoms with van der Waals surface area (Å²) >= 11 is 1.50. The van der Waals surface area contributed by atoms with Gasteiger partial charge in [0.1, 0.15) is 5.00 Å². The van der Waals surface area contributed by atoms with Crippen LogP contribution in [-0.4, -0.2) is 17.0 Å². The summed E-state index contributed by atoms with van der Waals surface area (Å²) in [7, 11) is 0. The highest BCUT2D eigenvalue weighted by atomic mass is 32.1. The second-order valence-corrected chi connectivity index (χ2v) is 4.35. The molecule has 15 heavy (non-hydrogen) atoms. The molecule has 0 aliphatic heterocycles. The van der Waals surface area contributed by atoms with Crippen LogP contribution in [-0.2, 0) is 0 Å². The zero-order chi connectivity index (χ0) is 10.7. The van der Waals surface area contributed by atoms with Gasteiger partial charge in [0.25, 0.3) is 0 Å². The molecule has 80 valence electrons. The first-order valence-corrected chi connectivity index (χ1v) is 5.92. The zero-order valence-electron chi connectivity index (χ0n) is 8.73. The van der Waals surface area contributed by atoms with Crippen molar-refractivity contribution < 1.29 is 0 Å². The van der Waals surface area contributed by atoms with E-state index in [1.54, 1.807) is 0 Å². The van der Waals surface area contributed by atoms with Gasteiger partial charge >= 0.3 is 0 Å². The molecule has 3 N–H and O–H groups in total. The number of nitrogens with zero attached hydrogens (tertiary/aromatic N) is 1. The smallest absolute Gasteiger partial charge is 0.117 e. The fourth-order valence-corrected chi connectivity index (χ4v) is 2.15. The first-order valence-electron chi connectivity index (χ1n) is 5.15. The fraction of sp³-hybridized carbons (Fsp3) is 0.364. The number of hydrogen-bond donors (Lipinski definition) is 2. The quantitative estimate of drug-likeness (QED) is 0.833. The van der Waals surface area contributed by atoms with E-state index < -0.39 is 0 Å². The minimum Gasteiger partial charge on any atom is -0.374 e. The van der Waals surface area contributed by atoms with Crippen molar-refractivity contribution in [1.29, 1.82) is 0 Å². The van der Waals surface area contributed by atoms with E-state index >= 15 is 0 Å². The summed E-state index contributed by atoms with van der Waals surface area (Å²) in [6, 6.07) is 8.35. The van der Waals surface area contributed by atoms with E-state index in [9.17, 15) is 0 Å². The van der Waals surface area contributed by atoms with Gasteiger partial charge in [-0.2, -0.15) is 4.37 Å². The maximum atomic E-state index is 5.86. The Morgan fingerprint density at radius 3 is 3.07 bits per heavy atom. The Hall–Kier alpha value is -1.13. The SMILES string of the molecule is CCC(N)CNc1snc2ccccc12. The number of aromatic nitrogens is 1. The van der Waals surface area contributed by atoms with Gasteiger partial charge in [-0.15, -0.1) is 0 Å². The highest BCUT2D eigenvalue weighted by molar-refractivity contribution is 7.11. The van der Waals surface area contributed by atoms with Crippen molar-refractivity contribution in [3.63, 3.8) is 0 Å². The van der Waals surface area contributed by atoms with Crippen molar-refractivity contribution in [3.8, 4) is 0 Å². The first-order chi connectivity index (χ1) is 7.31. The Morgan fingerprint density at radius 2 is 2.27 bits per heavy atom.